The van der Waals surface area contributed by atoms with Crippen molar-refractivity contribution in [2.24, 2.45) is 20.8 Å². The van der Waals surface area contributed by atoms with Crippen LogP contribution in [0.25, 0.3) is 0 Å². The van der Waals surface area contributed by atoms with Gasteiger partial charge < -0.3 is 10.2 Å². The first-order chi connectivity index (χ1) is 12.5. The third-order valence-corrected chi connectivity index (χ3v) is 3.45. The maximum atomic E-state index is 11.4. The minimum absolute atomic E-state index is 0.0634. The van der Waals surface area contributed by atoms with E-state index in [1.165, 1.54) is 12.1 Å². The van der Waals surface area contributed by atoms with Gasteiger partial charge in [-0.15, -0.1) is 10.2 Å². The van der Waals surface area contributed by atoms with Gasteiger partial charge in [0.15, 0.2) is 0 Å². The van der Waals surface area contributed by atoms with Crippen molar-refractivity contribution >= 4 is 6.16 Å². The minimum atomic E-state index is -1.22. The van der Waals surface area contributed by atoms with Gasteiger partial charge in [0, 0.05) is 21.7 Å². The molecule has 0 spiro atoms. The lowest BCUT2D eigenvalue weighted by Gasteiger charge is -2.06. The summed E-state index contributed by atoms with van der Waals surface area (Å²) in [5, 5.41) is 33.4. The molecule has 2 rings (SSSR count). The van der Waals surface area contributed by atoms with E-state index < -0.39 is 18.2 Å². The second-order valence-electron chi connectivity index (χ2n) is 5.30. The van der Waals surface area contributed by atoms with E-state index in [0.29, 0.717) is 11.1 Å². The summed E-state index contributed by atoms with van der Waals surface area (Å²) in [6.07, 6.45) is -1.22. The predicted octanol–water partition coefficient (Wildman–Crippen LogP) is 4.81. The van der Waals surface area contributed by atoms with E-state index in [9.17, 15) is 15.0 Å². The van der Waals surface area contributed by atoms with Crippen molar-refractivity contribution in [3.63, 3.8) is 0 Å². The van der Waals surface area contributed by atoms with Crippen LogP contribution in [0.2, 0.25) is 0 Å². The Morgan fingerprint density at radius 1 is 0.808 bits per heavy atom. The quantitative estimate of drug-likeness (QED) is 0.566. The number of aromatic hydroxyl groups is 2. The summed E-state index contributed by atoms with van der Waals surface area (Å²) < 4.78 is 0. The monoisotopic (exact) mass is 358 g/mol. The molecule has 2 unspecified atom stereocenters. The van der Waals surface area contributed by atoms with Crippen molar-refractivity contribution in [1.29, 1.82) is 0 Å². The molecule has 2 N–H and O–H groups in total. The Bertz CT molecular complexity index is 744. The SMILES string of the molecule is CC(N=NOC(=O)ON=NC(C)c1ccccc1O)c1ccccc1O. The zero-order chi connectivity index (χ0) is 18.9. The Morgan fingerprint density at radius 2 is 1.19 bits per heavy atom. The fourth-order valence-electron chi connectivity index (χ4n) is 2.08. The molecule has 0 amide bonds. The van der Waals surface area contributed by atoms with Crippen LogP contribution >= 0.6 is 0 Å². The van der Waals surface area contributed by atoms with Crippen LogP contribution in [-0.4, -0.2) is 16.4 Å². The highest BCUT2D eigenvalue weighted by Gasteiger charge is 2.11. The van der Waals surface area contributed by atoms with E-state index in [2.05, 4.69) is 30.5 Å². The van der Waals surface area contributed by atoms with Gasteiger partial charge in [0.1, 0.15) is 23.6 Å². The van der Waals surface area contributed by atoms with Crippen molar-refractivity contribution in [2.45, 2.75) is 25.9 Å². The molecule has 0 bridgehead atoms. The third-order valence-electron chi connectivity index (χ3n) is 3.45. The number of nitrogens with zero attached hydrogens (tertiary/aromatic N) is 4. The maximum absolute atomic E-state index is 11.4. The van der Waals surface area contributed by atoms with Gasteiger partial charge in [-0.2, -0.15) is 4.79 Å². The van der Waals surface area contributed by atoms with E-state index in [1.807, 2.05) is 0 Å². The minimum Gasteiger partial charge on any atom is -0.508 e. The first kappa shape index (κ1) is 18.8. The Labute approximate surface area is 149 Å². The predicted molar refractivity (Wildman–Crippen MR) is 90.3 cm³/mol. The summed E-state index contributed by atoms with van der Waals surface area (Å²) in [5.41, 5.74) is 1.06. The lowest BCUT2D eigenvalue weighted by Crippen LogP contribution is -1.99. The average Bonchev–Trinajstić information content (AvgIpc) is 2.62. The second kappa shape index (κ2) is 9.11. The van der Waals surface area contributed by atoms with Gasteiger partial charge in [0.05, 0.1) is 0 Å². The highest BCUT2D eigenvalue weighted by Crippen LogP contribution is 2.27. The van der Waals surface area contributed by atoms with Crippen LogP contribution in [0.4, 0.5) is 4.79 Å². The number of hydrogen-bond donors (Lipinski definition) is 2. The molecule has 0 aliphatic carbocycles. The Morgan fingerprint density at radius 3 is 1.58 bits per heavy atom. The molecule has 0 aliphatic rings. The zero-order valence-electron chi connectivity index (χ0n) is 14.2. The highest BCUT2D eigenvalue weighted by atomic mass is 16.9. The van der Waals surface area contributed by atoms with E-state index in [-0.39, 0.29) is 11.5 Å². The lowest BCUT2D eigenvalue weighted by atomic mass is 10.1. The van der Waals surface area contributed by atoms with E-state index >= 15 is 0 Å². The van der Waals surface area contributed by atoms with Gasteiger partial charge >= 0.3 is 6.16 Å². The van der Waals surface area contributed by atoms with Crippen molar-refractivity contribution < 1.29 is 24.7 Å². The Balaban J connectivity index is 1.82. The number of carbonyl (C=O) groups excluding carboxylic acids is 1. The molecule has 9 heteroatoms. The Hall–Kier alpha value is -3.49. The van der Waals surface area contributed by atoms with Crippen LogP contribution in [0, 0.1) is 0 Å². The summed E-state index contributed by atoms with van der Waals surface area (Å²) in [4.78, 5) is 20.2. The van der Waals surface area contributed by atoms with Crippen molar-refractivity contribution in [1.82, 2.24) is 0 Å². The third kappa shape index (κ3) is 5.26. The topological polar surface area (TPSA) is 125 Å². The van der Waals surface area contributed by atoms with E-state index in [4.69, 9.17) is 0 Å². The normalized spacial score (nSPS) is 13.6. The van der Waals surface area contributed by atoms with Crippen LogP contribution in [-0.2, 0) is 9.68 Å². The van der Waals surface area contributed by atoms with Crippen LogP contribution in [0.5, 0.6) is 11.5 Å². The molecule has 136 valence electrons. The molecule has 0 fully saturated rings. The highest BCUT2D eigenvalue weighted by molar-refractivity contribution is 5.59. The molecule has 0 saturated carbocycles. The largest absolute Gasteiger partial charge is 0.565 e. The molecule has 0 heterocycles. The zero-order valence-corrected chi connectivity index (χ0v) is 14.2. The average molecular weight is 358 g/mol. The van der Waals surface area contributed by atoms with E-state index in [1.54, 1.807) is 50.2 Å². The number of rotatable bonds is 6. The molecule has 2 aromatic carbocycles. The lowest BCUT2D eigenvalue weighted by molar-refractivity contribution is 0.0443. The van der Waals surface area contributed by atoms with Crippen molar-refractivity contribution in [3.8, 4) is 11.5 Å². The van der Waals surface area contributed by atoms with E-state index in [0.717, 1.165) is 0 Å². The molecule has 9 nitrogen and oxygen atoms in total. The fourth-order valence-corrected chi connectivity index (χ4v) is 2.08. The van der Waals surface area contributed by atoms with Crippen LogP contribution in [0.3, 0.4) is 0 Å². The first-order valence-electron chi connectivity index (χ1n) is 7.73. The number of hydrogen-bond acceptors (Lipinski definition) is 9. The molecule has 0 radical (unpaired) electrons. The summed E-state index contributed by atoms with van der Waals surface area (Å²) in [6.45, 7) is 3.34. The van der Waals surface area contributed by atoms with Gasteiger partial charge in [-0.25, -0.2) is 0 Å². The number of benzene rings is 2. The number of phenolic OH excluding ortho intramolecular Hbond substituents is 2. The molecule has 0 saturated heterocycles. The molecule has 0 aliphatic heterocycles. The van der Waals surface area contributed by atoms with Crippen molar-refractivity contribution in [3.05, 3.63) is 59.7 Å². The fraction of sp³-hybridized carbons (Fsp3) is 0.235. The number of phenols is 2. The second-order valence-corrected chi connectivity index (χ2v) is 5.30. The van der Waals surface area contributed by atoms with Gasteiger partial charge in [-0.05, 0) is 26.0 Å². The number of carbonyl (C=O) groups is 1. The van der Waals surface area contributed by atoms with Crippen molar-refractivity contribution in [2.75, 3.05) is 0 Å². The smallest absolute Gasteiger partial charge is 0.508 e. The summed E-state index contributed by atoms with van der Waals surface area (Å²) >= 11 is 0. The molecule has 0 aromatic heterocycles. The number of para-hydroxylation sites is 2. The maximum Gasteiger partial charge on any atom is 0.565 e. The van der Waals surface area contributed by atoms with Gasteiger partial charge in [0.25, 0.3) is 0 Å². The summed E-state index contributed by atoms with van der Waals surface area (Å²) in [7, 11) is 0. The van der Waals surface area contributed by atoms with Gasteiger partial charge in [-0.3, -0.25) is 9.68 Å². The molecule has 2 atom stereocenters. The Kier molecular flexibility index (Phi) is 6.60. The van der Waals surface area contributed by atoms with Crippen LogP contribution in [0.15, 0.2) is 69.3 Å². The molecule has 26 heavy (non-hydrogen) atoms. The van der Waals surface area contributed by atoms with Gasteiger partial charge in [-0.1, -0.05) is 36.4 Å². The molecule has 2 aromatic rings. The molecular weight excluding hydrogens is 340 g/mol. The van der Waals surface area contributed by atoms with Crippen LogP contribution in [0.1, 0.15) is 37.1 Å². The summed E-state index contributed by atoms with van der Waals surface area (Å²) in [6, 6.07) is 12.2. The van der Waals surface area contributed by atoms with Crippen LogP contribution < -0.4 is 0 Å². The van der Waals surface area contributed by atoms with Gasteiger partial charge in [0.2, 0.25) is 0 Å². The standard InChI is InChI=1S/C17H18N4O5/c1-11(13-7-3-5-9-15(13)22)18-20-25-17(24)26-21-19-12(2)14-8-4-6-10-16(14)23/h3-12,22-23H,1-2H3. The summed E-state index contributed by atoms with van der Waals surface area (Å²) in [5.74, 6) is 0.127. The molecular formula is C17H18N4O5. The first-order valence-corrected chi connectivity index (χ1v) is 7.73.